The first-order valence-electron chi connectivity index (χ1n) is 14.6. The number of aliphatic hydroxyl groups is 1. The van der Waals surface area contributed by atoms with Gasteiger partial charge in [0.15, 0.2) is 0 Å². The van der Waals surface area contributed by atoms with Crippen molar-refractivity contribution in [3.05, 3.63) is 12.2 Å². The van der Waals surface area contributed by atoms with Crippen molar-refractivity contribution in [1.82, 2.24) is 0 Å². The standard InChI is InChI=1S/C30H60O/c1-4-7-10-13-16-18-21-24-27-29(26-23-20-15-12-9-6-3)30(31)28-25-22-19-17-14-11-8-5-2/h17,19,29-31H,4-16,18,20-28H2,1-3H3/b19-17-. The van der Waals surface area contributed by atoms with Gasteiger partial charge in [-0.3, -0.25) is 0 Å². The number of hydrogen-bond donors (Lipinski definition) is 1. The van der Waals surface area contributed by atoms with Crippen LogP contribution in [0.2, 0.25) is 0 Å². The highest BCUT2D eigenvalue weighted by atomic mass is 16.3. The van der Waals surface area contributed by atoms with E-state index < -0.39 is 0 Å². The monoisotopic (exact) mass is 436 g/mol. The highest BCUT2D eigenvalue weighted by Crippen LogP contribution is 2.25. The van der Waals surface area contributed by atoms with E-state index in [2.05, 4.69) is 32.9 Å². The maximum absolute atomic E-state index is 10.9. The second kappa shape index (κ2) is 26.0. The second-order valence-corrected chi connectivity index (χ2v) is 10.0. The summed E-state index contributed by atoms with van der Waals surface area (Å²) < 4.78 is 0. The molecule has 0 fully saturated rings. The highest BCUT2D eigenvalue weighted by molar-refractivity contribution is 4.82. The largest absolute Gasteiger partial charge is 0.393 e. The van der Waals surface area contributed by atoms with Crippen LogP contribution in [0.3, 0.4) is 0 Å². The van der Waals surface area contributed by atoms with Crippen molar-refractivity contribution in [1.29, 1.82) is 0 Å². The van der Waals surface area contributed by atoms with Gasteiger partial charge in [-0.15, -0.1) is 0 Å². The molecule has 0 heterocycles. The Morgan fingerprint density at radius 2 is 0.839 bits per heavy atom. The maximum atomic E-state index is 10.9. The molecule has 186 valence electrons. The van der Waals surface area contributed by atoms with Gasteiger partial charge < -0.3 is 5.11 Å². The van der Waals surface area contributed by atoms with Crippen LogP contribution in [-0.4, -0.2) is 11.2 Å². The van der Waals surface area contributed by atoms with E-state index in [0.717, 1.165) is 19.3 Å². The third kappa shape index (κ3) is 22.7. The van der Waals surface area contributed by atoms with E-state index in [4.69, 9.17) is 0 Å². The fraction of sp³-hybridized carbons (Fsp3) is 0.933. The molecule has 0 aromatic heterocycles. The molecule has 0 aromatic carbocycles. The summed E-state index contributed by atoms with van der Waals surface area (Å²) in [7, 11) is 0. The average molecular weight is 437 g/mol. The van der Waals surface area contributed by atoms with Crippen LogP contribution < -0.4 is 0 Å². The van der Waals surface area contributed by atoms with Crippen LogP contribution in [0.25, 0.3) is 0 Å². The second-order valence-electron chi connectivity index (χ2n) is 10.0. The Kier molecular flexibility index (Phi) is 25.7. The summed E-state index contributed by atoms with van der Waals surface area (Å²) in [5, 5.41) is 10.9. The SMILES string of the molecule is CCCCC/C=C\CCCC(O)C(CCCCCCCC)CCCCCCCCCC. The van der Waals surface area contributed by atoms with Gasteiger partial charge in [-0.1, -0.05) is 136 Å². The molecule has 1 N–H and O–H groups in total. The summed E-state index contributed by atoms with van der Waals surface area (Å²) in [6.45, 7) is 6.84. The molecule has 0 aromatic rings. The van der Waals surface area contributed by atoms with Crippen LogP contribution in [0, 0.1) is 5.92 Å². The van der Waals surface area contributed by atoms with Gasteiger partial charge in [-0.2, -0.15) is 0 Å². The van der Waals surface area contributed by atoms with Crippen LogP contribution in [-0.2, 0) is 0 Å². The average Bonchev–Trinajstić information content (AvgIpc) is 2.78. The summed E-state index contributed by atoms with van der Waals surface area (Å²) in [4.78, 5) is 0. The Morgan fingerprint density at radius 3 is 1.32 bits per heavy atom. The molecule has 0 rings (SSSR count). The van der Waals surface area contributed by atoms with Crippen molar-refractivity contribution in [2.24, 2.45) is 5.92 Å². The summed E-state index contributed by atoms with van der Waals surface area (Å²) in [6.07, 6.45) is 34.9. The molecule has 1 nitrogen and oxygen atoms in total. The molecule has 2 unspecified atom stereocenters. The molecule has 0 saturated carbocycles. The van der Waals surface area contributed by atoms with Crippen molar-refractivity contribution >= 4 is 0 Å². The summed E-state index contributed by atoms with van der Waals surface area (Å²) in [6, 6.07) is 0. The van der Waals surface area contributed by atoms with E-state index >= 15 is 0 Å². The fourth-order valence-corrected chi connectivity index (χ4v) is 4.68. The smallest absolute Gasteiger partial charge is 0.0568 e. The lowest BCUT2D eigenvalue weighted by atomic mass is 9.87. The molecule has 0 bridgehead atoms. The molecule has 1 heteroatoms. The number of hydrogen-bond acceptors (Lipinski definition) is 1. The first-order chi connectivity index (χ1) is 15.3. The zero-order chi connectivity index (χ0) is 22.8. The Balaban J connectivity index is 4.07. The zero-order valence-corrected chi connectivity index (χ0v) is 22.0. The minimum absolute atomic E-state index is 0.0753. The minimum atomic E-state index is -0.0753. The third-order valence-electron chi connectivity index (χ3n) is 6.91. The summed E-state index contributed by atoms with van der Waals surface area (Å²) in [5.41, 5.74) is 0. The summed E-state index contributed by atoms with van der Waals surface area (Å²) in [5.74, 6) is 0.541. The fourth-order valence-electron chi connectivity index (χ4n) is 4.68. The first kappa shape index (κ1) is 30.7. The van der Waals surface area contributed by atoms with Crippen molar-refractivity contribution < 1.29 is 5.11 Å². The maximum Gasteiger partial charge on any atom is 0.0568 e. The first-order valence-corrected chi connectivity index (χ1v) is 14.6. The van der Waals surface area contributed by atoms with Crippen molar-refractivity contribution in [3.8, 4) is 0 Å². The topological polar surface area (TPSA) is 20.2 Å². The van der Waals surface area contributed by atoms with E-state index in [9.17, 15) is 5.11 Å². The molecular weight excluding hydrogens is 376 g/mol. The molecule has 0 spiro atoms. The highest BCUT2D eigenvalue weighted by Gasteiger charge is 2.18. The van der Waals surface area contributed by atoms with Crippen LogP contribution in [0.15, 0.2) is 12.2 Å². The Bertz CT molecular complexity index is 348. The molecule has 0 amide bonds. The molecule has 0 aliphatic carbocycles. The molecule has 31 heavy (non-hydrogen) atoms. The van der Waals surface area contributed by atoms with Gasteiger partial charge in [-0.25, -0.2) is 0 Å². The van der Waals surface area contributed by atoms with Gasteiger partial charge in [0.2, 0.25) is 0 Å². The van der Waals surface area contributed by atoms with Crippen LogP contribution in [0.4, 0.5) is 0 Å². The van der Waals surface area contributed by atoms with Gasteiger partial charge >= 0.3 is 0 Å². The number of aliphatic hydroxyl groups excluding tert-OH is 1. The van der Waals surface area contributed by atoms with Crippen LogP contribution in [0.1, 0.15) is 168 Å². The van der Waals surface area contributed by atoms with Crippen LogP contribution >= 0.6 is 0 Å². The molecule has 0 aliphatic heterocycles. The lowest BCUT2D eigenvalue weighted by Gasteiger charge is -2.23. The third-order valence-corrected chi connectivity index (χ3v) is 6.91. The number of rotatable bonds is 25. The normalized spacial score (nSPS) is 13.8. The van der Waals surface area contributed by atoms with Crippen molar-refractivity contribution in [3.63, 3.8) is 0 Å². The summed E-state index contributed by atoms with van der Waals surface area (Å²) >= 11 is 0. The predicted molar refractivity (Wildman–Crippen MR) is 142 cm³/mol. The van der Waals surface area contributed by atoms with E-state index in [1.807, 2.05) is 0 Å². The van der Waals surface area contributed by atoms with Gasteiger partial charge in [0, 0.05) is 0 Å². The molecular formula is C30H60O. The van der Waals surface area contributed by atoms with E-state index in [-0.39, 0.29) is 6.10 Å². The van der Waals surface area contributed by atoms with Crippen molar-refractivity contribution in [2.75, 3.05) is 0 Å². The molecule has 0 aliphatic rings. The molecule has 0 saturated heterocycles. The quantitative estimate of drug-likeness (QED) is 0.111. The predicted octanol–water partition coefficient (Wildman–Crippen LogP) is 10.6. The van der Waals surface area contributed by atoms with Crippen LogP contribution in [0.5, 0.6) is 0 Å². The zero-order valence-electron chi connectivity index (χ0n) is 22.0. The Labute approximate surface area is 197 Å². The Hall–Kier alpha value is -0.300. The van der Waals surface area contributed by atoms with E-state index in [0.29, 0.717) is 5.92 Å². The lowest BCUT2D eigenvalue weighted by Crippen LogP contribution is -2.20. The Morgan fingerprint density at radius 1 is 0.452 bits per heavy atom. The van der Waals surface area contributed by atoms with Gasteiger partial charge in [0.1, 0.15) is 0 Å². The van der Waals surface area contributed by atoms with E-state index in [1.165, 1.54) is 128 Å². The van der Waals surface area contributed by atoms with Gasteiger partial charge in [-0.05, 0) is 50.9 Å². The number of allylic oxidation sites excluding steroid dienone is 2. The van der Waals surface area contributed by atoms with E-state index in [1.54, 1.807) is 0 Å². The van der Waals surface area contributed by atoms with Crippen molar-refractivity contribution in [2.45, 2.75) is 175 Å². The van der Waals surface area contributed by atoms with Gasteiger partial charge in [0.05, 0.1) is 6.10 Å². The van der Waals surface area contributed by atoms with Gasteiger partial charge in [0.25, 0.3) is 0 Å². The number of unbranched alkanes of at least 4 members (excludes halogenated alkanes) is 16. The minimum Gasteiger partial charge on any atom is -0.393 e. The molecule has 0 radical (unpaired) electrons. The lowest BCUT2D eigenvalue weighted by molar-refractivity contribution is 0.0839. The molecule has 2 atom stereocenters.